The molecule has 0 aliphatic heterocycles. The number of rotatable bonds is 26. The second-order valence-corrected chi connectivity index (χ2v) is 13.9. The van der Waals surface area contributed by atoms with Crippen molar-refractivity contribution in [1.29, 1.82) is 0 Å². The van der Waals surface area contributed by atoms with E-state index in [-0.39, 0.29) is 75.2 Å². The zero-order valence-electron chi connectivity index (χ0n) is 33.0. The number of aliphatic hydroxyl groups is 1. The van der Waals surface area contributed by atoms with Crippen LogP contribution in [-0.4, -0.2) is 119 Å². The minimum atomic E-state index is -1.55. The summed E-state index contributed by atoms with van der Waals surface area (Å²) in [5, 5.41) is 32.4. The lowest BCUT2D eigenvalue weighted by atomic mass is 10.0. The fourth-order valence-corrected chi connectivity index (χ4v) is 5.23. The van der Waals surface area contributed by atoms with Crippen LogP contribution >= 0.6 is 0 Å². The minimum Gasteiger partial charge on any atom is -0.508 e. The topological polar surface area (TPSA) is 427 Å². The first-order valence-corrected chi connectivity index (χ1v) is 18.5. The molecule has 1 aromatic carbocycles. The van der Waals surface area contributed by atoms with Crippen LogP contribution in [0.25, 0.3) is 0 Å². The van der Waals surface area contributed by atoms with Gasteiger partial charge in [0, 0.05) is 25.9 Å². The van der Waals surface area contributed by atoms with Crippen LogP contribution in [0.1, 0.15) is 64.9 Å². The monoisotopic (exact) mass is 820 g/mol. The van der Waals surface area contributed by atoms with Crippen LogP contribution in [0.3, 0.4) is 0 Å². The second kappa shape index (κ2) is 25.1. The smallest absolute Gasteiger partial charge is 0.245 e. The second-order valence-electron chi connectivity index (χ2n) is 13.9. The minimum absolute atomic E-state index is 0.0238. The summed E-state index contributed by atoms with van der Waals surface area (Å²) in [6.07, 6.45) is -2.16. The van der Waals surface area contributed by atoms with E-state index in [4.69, 9.17) is 40.1 Å². The highest BCUT2D eigenvalue weighted by Crippen LogP contribution is 2.12. The number of hydrogen-bond acceptors (Lipinski definition) is 12. The Hall–Kier alpha value is -6.23. The Balaban J connectivity index is 3.43. The summed E-state index contributed by atoms with van der Waals surface area (Å²) in [5.41, 5.74) is 39.0. The lowest BCUT2D eigenvalue weighted by Gasteiger charge is -2.28. The third-order valence-corrected chi connectivity index (χ3v) is 8.59. The van der Waals surface area contributed by atoms with Gasteiger partial charge >= 0.3 is 0 Å². The quantitative estimate of drug-likeness (QED) is 0.0236. The lowest BCUT2D eigenvalue weighted by Crippen LogP contribution is -2.61. The maximum atomic E-state index is 13.8. The van der Waals surface area contributed by atoms with Gasteiger partial charge in [-0.25, -0.2) is 0 Å². The molecule has 0 heterocycles. The average Bonchev–Trinajstić information content (AvgIpc) is 3.13. The van der Waals surface area contributed by atoms with Gasteiger partial charge in [-0.1, -0.05) is 26.0 Å². The van der Waals surface area contributed by atoms with E-state index < -0.39 is 90.1 Å². The van der Waals surface area contributed by atoms with Gasteiger partial charge in [-0.2, -0.15) is 0 Å². The van der Waals surface area contributed by atoms with Crippen LogP contribution in [0, 0.1) is 5.92 Å². The van der Waals surface area contributed by atoms with Crippen LogP contribution in [0.2, 0.25) is 0 Å². The number of phenols is 1. The van der Waals surface area contributed by atoms with Crippen molar-refractivity contribution in [2.45, 2.75) is 108 Å². The Morgan fingerprint density at radius 3 is 1.45 bits per heavy atom. The maximum Gasteiger partial charge on any atom is 0.245 e. The Morgan fingerprint density at radius 2 is 1.05 bits per heavy atom. The van der Waals surface area contributed by atoms with E-state index in [2.05, 4.69) is 36.6 Å². The number of nitrogens with zero attached hydrogens (tertiary/aromatic N) is 2. The molecule has 7 amide bonds. The van der Waals surface area contributed by atoms with E-state index in [0.29, 0.717) is 5.56 Å². The first-order chi connectivity index (χ1) is 27.1. The number of primary amides is 2. The highest BCUT2D eigenvalue weighted by Gasteiger charge is 2.34. The Labute approximate surface area is 336 Å². The number of guanidine groups is 2. The summed E-state index contributed by atoms with van der Waals surface area (Å²) in [5.74, 6) is -6.93. The fourth-order valence-electron chi connectivity index (χ4n) is 5.23. The molecule has 0 unspecified atom stereocenters. The highest BCUT2D eigenvalue weighted by molar-refractivity contribution is 5.97. The number of phenolic OH excluding ortho intramolecular Hbond substituents is 1. The SMILES string of the molecule is CC(C)[C@H](N)C(=O)N[C@H](C(=O)N[C@@H](CCCN=C(N)N)C(=O)N[C@@H](CCC(N)=O)C(=O)N[C@@H](CCCN=C(N)N)C(=O)N[C@@H](Cc1ccc(O)cc1)C(N)=O)[C@@H](C)O. The molecule has 21 N–H and O–H groups in total. The largest absolute Gasteiger partial charge is 0.508 e. The van der Waals surface area contributed by atoms with Crippen molar-refractivity contribution in [3.8, 4) is 5.75 Å². The van der Waals surface area contributed by atoms with Crippen molar-refractivity contribution in [2.24, 2.45) is 56.0 Å². The van der Waals surface area contributed by atoms with Gasteiger partial charge in [0.15, 0.2) is 11.9 Å². The van der Waals surface area contributed by atoms with Crippen molar-refractivity contribution >= 4 is 53.3 Å². The van der Waals surface area contributed by atoms with E-state index in [0.717, 1.165) is 0 Å². The molecule has 0 aliphatic rings. The number of nitrogens with two attached hydrogens (primary N) is 7. The van der Waals surface area contributed by atoms with Crippen LogP contribution in [-0.2, 0) is 40.0 Å². The van der Waals surface area contributed by atoms with Crippen LogP contribution in [0.15, 0.2) is 34.3 Å². The van der Waals surface area contributed by atoms with E-state index >= 15 is 0 Å². The predicted molar refractivity (Wildman–Crippen MR) is 213 cm³/mol. The summed E-state index contributed by atoms with van der Waals surface area (Å²) in [7, 11) is 0. The molecule has 7 atom stereocenters. The van der Waals surface area contributed by atoms with Gasteiger partial charge in [-0.3, -0.25) is 43.5 Å². The Bertz CT molecular complexity index is 1610. The standard InChI is InChI=1S/C35H60N14O9/c1-17(2)26(37)32(57)49-27(18(3)50)33(58)47-22(7-5-15-44-35(41)42)29(54)46-23(12-13-25(36)52)31(56)45-21(6-4-14-43-34(39)40)30(55)48-24(28(38)53)16-19-8-10-20(51)11-9-19/h8-11,17-18,21-24,26-27,50-51H,4-7,12-16,37H2,1-3H3,(H2,36,52)(H2,38,53)(H,45,56)(H,46,54)(H,47,58)(H,48,55)(H,49,57)(H4,39,40,43)(H4,41,42,44)/t18-,21+,22+,23+,24+,26+,27+/m1/s1. The van der Waals surface area contributed by atoms with E-state index in [9.17, 15) is 43.8 Å². The molecule has 0 aliphatic carbocycles. The predicted octanol–water partition coefficient (Wildman–Crippen LogP) is -5.42. The molecule has 0 radical (unpaired) electrons. The Kier molecular flexibility index (Phi) is 21.6. The van der Waals surface area contributed by atoms with E-state index in [1.165, 1.54) is 31.2 Å². The first kappa shape index (κ1) is 49.8. The molecule has 0 saturated heterocycles. The number of benzene rings is 1. The number of aliphatic hydroxyl groups excluding tert-OH is 1. The molecule has 58 heavy (non-hydrogen) atoms. The summed E-state index contributed by atoms with van der Waals surface area (Å²) in [6.45, 7) is 4.69. The Morgan fingerprint density at radius 1 is 0.621 bits per heavy atom. The van der Waals surface area contributed by atoms with Gasteiger partial charge in [0.25, 0.3) is 0 Å². The third kappa shape index (κ3) is 19.1. The molecule has 324 valence electrons. The summed E-state index contributed by atoms with van der Waals surface area (Å²) in [4.78, 5) is 99.3. The molecule has 0 spiro atoms. The number of hydrogen-bond donors (Lipinski definition) is 14. The molecular formula is C35H60N14O9. The van der Waals surface area contributed by atoms with Crippen LogP contribution in [0.5, 0.6) is 5.75 Å². The van der Waals surface area contributed by atoms with E-state index in [1.807, 2.05) is 0 Å². The average molecular weight is 821 g/mol. The molecule has 23 heteroatoms. The highest BCUT2D eigenvalue weighted by atomic mass is 16.3. The molecule has 1 aromatic rings. The molecular weight excluding hydrogens is 760 g/mol. The van der Waals surface area contributed by atoms with Crippen LogP contribution in [0.4, 0.5) is 0 Å². The van der Waals surface area contributed by atoms with E-state index in [1.54, 1.807) is 13.8 Å². The van der Waals surface area contributed by atoms with Crippen molar-refractivity contribution in [3.63, 3.8) is 0 Å². The van der Waals surface area contributed by atoms with Gasteiger partial charge < -0.3 is 76.9 Å². The fraction of sp³-hybridized carbons (Fsp3) is 0.571. The summed E-state index contributed by atoms with van der Waals surface area (Å²) in [6, 6.07) is -2.30. The first-order valence-electron chi connectivity index (χ1n) is 18.5. The zero-order valence-corrected chi connectivity index (χ0v) is 33.0. The zero-order chi connectivity index (χ0) is 44.1. The lowest BCUT2D eigenvalue weighted by molar-refractivity contribution is -0.136. The van der Waals surface area contributed by atoms with Gasteiger partial charge in [0.1, 0.15) is 36.0 Å². The molecule has 0 fully saturated rings. The van der Waals surface area contributed by atoms with Crippen molar-refractivity contribution in [2.75, 3.05) is 13.1 Å². The molecule has 0 bridgehead atoms. The molecule has 1 rings (SSSR count). The maximum absolute atomic E-state index is 13.8. The number of nitrogens with one attached hydrogen (secondary N) is 5. The molecule has 0 aromatic heterocycles. The van der Waals surface area contributed by atoms with Gasteiger partial charge in [-0.05, 0) is 62.6 Å². The third-order valence-electron chi connectivity index (χ3n) is 8.59. The summed E-state index contributed by atoms with van der Waals surface area (Å²) >= 11 is 0. The van der Waals surface area contributed by atoms with Crippen molar-refractivity contribution < 1.29 is 43.8 Å². The normalized spacial score (nSPS) is 14.5. The number of aromatic hydroxyl groups is 1. The molecule has 0 saturated carbocycles. The van der Waals surface area contributed by atoms with Gasteiger partial charge in [-0.15, -0.1) is 0 Å². The molecule has 23 nitrogen and oxygen atoms in total. The number of aliphatic imine (C=N–C) groups is 2. The van der Waals surface area contributed by atoms with Gasteiger partial charge in [0.2, 0.25) is 41.4 Å². The number of amides is 7. The van der Waals surface area contributed by atoms with Gasteiger partial charge in [0.05, 0.1) is 12.1 Å². The number of carbonyl (C=O) groups excluding carboxylic acids is 7. The summed E-state index contributed by atoms with van der Waals surface area (Å²) < 4.78 is 0. The van der Waals surface area contributed by atoms with Crippen molar-refractivity contribution in [1.82, 2.24) is 26.6 Å². The van der Waals surface area contributed by atoms with Crippen LogP contribution < -0.4 is 66.7 Å². The van der Waals surface area contributed by atoms with Crippen molar-refractivity contribution in [3.05, 3.63) is 29.8 Å². The number of carbonyl (C=O) groups is 7.